The fraction of sp³-hybridized carbons (Fsp3) is 0. The van der Waals surface area contributed by atoms with Gasteiger partial charge >= 0.3 is 0 Å². The van der Waals surface area contributed by atoms with Gasteiger partial charge in [-0.15, -0.1) is 0 Å². The van der Waals surface area contributed by atoms with Gasteiger partial charge in [-0.1, -0.05) is 33.8 Å². The molecule has 0 aliphatic heterocycles. The monoisotopic (exact) mass is 281 g/mol. The highest BCUT2D eigenvalue weighted by atomic mass is 79.9. The maximum Gasteiger partial charge on any atom is 0.221 e. The van der Waals surface area contributed by atoms with Crippen LogP contribution in [-0.2, 0) is 0 Å². The largest absolute Gasteiger partial charge is 0.368 e. The van der Waals surface area contributed by atoms with Gasteiger partial charge < -0.3 is 5.73 Å². The third kappa shape index (κ3) is 2.94. The minimum atomic E-state index is 0.301. The number of rotatable bonds is 2. The molecule has 2 rings (SSSR count). The molecule has 0 atom stereocenters. The highest BCUT2D eigenvalue weighted by Crippen LogP contribution is 2.27. The number of hydrogen-bond acceptors (Lipinski definition) is 4. The summed E-state index contributed by atoms with van der Waals surface area (Å²) in [5, 5.41) is 0.848. The summed E-state index contributed by atoms with van der Waals surface area (Å²) in [6.45, 7) is 0. The topological polar surface area (TPSA) is 51.8 Å². The van der Waals surface area contributed by atoms with Crippen LogP contribution < -0.4 is 5.73 Å². The highest BCUT2D eigenvalue weighted by molar-refractivity contribution is 9.10. The lowest BCUT2D eigenvalue weighted by Crippen LogP contribution is -1.93. The van der Waals surface area contributed by atoms with Gasteiger partial charge in [0.05, 0.1) is 0 Å². The Morgan fingerprint density at radius 2 is 2.13 bits per heavy atom. The third-order valence-electron chi connectivity index (χ3n) is 1.67. The average Bonchev–Trinajstić information content (AvgIpc) is 2.17. The van der Waals surface area contributed by atoms with Crippen molar-refractivity contribution in [2.75, 3.05) is 5.73 Å². The number of nitrogen functional groups attached to an aromatic ring is 1. The number of halogens is 1. The van der Waals surface area contributed by atoms with Crippen LogP contribution in [0, 0.1) is 0 Å². The number of benzene rings is 1. The van der Waals surface area contributed by atoms with Gasteiger partial charge in [-0.2, -0.15) is 0 Å². The Labute approximate surface area is 100 Å². The second-order valence-electron chi connectivity index (χ2n) is 2.81. The zero-order valence-electron chi connectivity index (χ0n) is 7.72. The number of aromatic nitrogens is 2. The lowest BCUT2D eigenvalue weighted by molar-refractivity contribution is 1.06. The summed E-state index contributed by atoms with van der Waals surface area (Å²) in [4.78, 5) is 9.07. The van der Waals surface area contributed by atoms with Crippen molar-refractivity contribution in [3.8, 4) is 0 Å². The Hall–Kier alpha value is -1.07. The molecule has 0 saturated heterocycles. The van der Waals surface area contributed by atoms with Crippen LogP contribution in [-0.4, -0.2) is 9.97 Å². The molecule has 1 heterocycles. The summed E-state index contributed by atoms with van der Waals surface area (Å²) < 4.78 is 1.05. The van der Waals surface area contributed by atoms with Gasteiger partial charge in [0.1, 0.15) is 5.03 Å². The molecular weight excluding hydrogens is 274 g/mol. The summed E-state index contributed by atoms with van der Waals surface area (Å²) in [5.74, 6) is 0.301. The summed E-state index contributed by atoms with van der Waals surface area (Å²) >= 11 is 4.97. The summed E-state index contributed by atoms with van der Waals surface area (Å²) in [6.07, 6.45) is 1.66. The van der Waals surface area contributed by atoms with E-state index in [1.807, 2.05) is 30.3 Å². The molecule has 76 valence electrons. The van der Waals surface area contributed by atoms with E-state index in [0.29, 0.717) is 5.95 Å². The molecule has 0 bridgehead atoms. The van der Waals surface area contributed by atoms with Crippen molar-refractivity contribution < 1.29 is 0 Å². The standard InChI is InChI=1S/C10H8BrN3S/c11-7-2-1-3-8(6-7)15-9-4-5-13-10(12)14-9/h1-6H,(H2,12,13,14). The van der Waals surface area contributed by atoms with Crippen LogP contribution in [0.3, 0.4) is 0 Å². The molecule has 5 heteroatoms. The molecule has 15 heavy (non-hydrogen) atoms. The Morgan fingerprint density at radius 3 is 2.87 bits per heavy atom. The lowest BCUT2D eigenvalue weighted by atomic mass is 10.4. The minimum absolute atomic E-state index is 0.301. The van der Waals surface area contributed by atoms with Gasteiger partial charge in [-0.25, -0.2) is 9.97 Å². The SMILES string of the molecule is Nc1nccc(Sc2cccc(Br)c2)n1. The second kappa shape index (κ2) is 4.63. The second-order valence-corrected chi connectivity index (χ2v) is 4.82. The zero-order chi connectivity index (χ0) is 10.7. The van der Waals surface area contributed by atoms with Gasteiger partial charge in [-0.05, 0) is 24.3 Å². The predicted molar refractivity (Wildman–Crippen MR) is 64.7 cm³/mol. The molecule has 0 fully saturated rings. The minimum Gasteiger partial charge on any atom is -0.368 e. The van der Waals surface area contributed by atoms with Crippen molar-refractivity contribution in [2.45, 2.75) is 9.92 Å². The Morgan fingerprint density at radius 1 is 1.27 bits per heavy atom. The van der Waals surface area contributed by atoms with Gasteiger partial charge in [0.15, 0.2) is 0 Å². The van der Waals surface area contributed by atoms with E-state index in [1.54, 1.807) is 18.0 Å². The fourth-order valence-corrected chi connectivity index (χ4v) is 2.46. The highest BCUT2D eigenvalue weighted by Gasteiger charge is 1.99. The molecule has 0 aliphatic rings. The summed E-state index contributed by atoms with van der Waals surface area (Å²) in [7, 11) is 0. The van der Waals surface area contributed by atoms with E-state index >= 15 is 0 Å². The molecule has 3 nitrogen and oxygen atoms in total. The van der Waals surface area contributed by atoms with Gasteiger partial charge in [0, 0.05) is 15.6 Å². The van der Waals surface area contributed by atoms with E-state index in [4.69, 9.17) is 5.73 Å². The van der Waals surface area contributed by atoms with Crippen LogP contribution in [0.5, 0.6) is 0 Å². The van der Waals surface area contributed by atoms with E-state index in [-0.39, 0.29) is 0 Å². The van der Waals surface area contributed by atoms with Crippen LogP contribution in [0.15, 0.2) is 50.9 Å². The predicted octanol–water partition coefficient (Wildman–Crippen LogP) is 2.97. The first kappa shape index (κ1) is 10.4. The van der Waals surface area contributed by atoms with Crippen molar-refractivity contribution in [3.63, 3.8) is 0 Å². The molecule has 2 aromatic rings. The van der Waals surface area contributed by atoms with Crippen molar-refractivity contribution >= 4 is 33.6 Å². The van der Waals surface area contributed by atoms with Crippen LogP contribution in [0.4, 0.5) is 5.95 Å². The molecule has 1 aromatic carbocycles. The fourth-order valence-electron chi connectivity index (χ4n) is 1.06. The molecule has 0 aliphatic carbocycles. The van der Waals surface area contributed by atoms with Gasteiger partial charge in [-0.3, -0.25) is 0 Å². The molecule has 1 aromatic heterocycles. The van der Waals surface area contributed by atoms with Crippen LogP contribution >= 0.6 is 27.7 Å². The van der Waals surface area contributed by atoms with Gasteiger partial charge in [0.2, 0.25) is 5.95 Å². The van der Waals surface area contributed by atoms with Crippen LogP contribution in [0.2, 0.25) is 0 Å². The van der Waals surface area contributed by atoms with E-state index < -0.39 is 0 Å². The Balaban J connectivity index is 2.22. The summed E-state index contributed by atoms with van der Waals surface area (Å²) in [6, 6.07) is 9.86. The van der Waals surface area contributed by atoms with E-state index in [2.05, 4.69) is 25.9 Å². The smallest absolute Gasteiger partial charge is 0.221 e. The summed E-state index contributed by atoms with van der Waals surface area (Å²) in [5.41, 5.74) is 5.50. The number of anilines is 1. The molecule has 0 spiro atoms. The molecule has 2 N–H and O–H groups in total. The van der Waals surface area contributed by atoms with E-state index in [1.165, 1.54) is 0 Å². The molecule has 0 amide bonds. The maximum absolute atomic E-state index is 5.50. The quantitative estimate of drug-likeness (QED) is 0.860. The third-order valence-corrected chi connectivity index (χ3v) is 3.09. The van der Waals surface area contributed by atoms with Gasteiger partial charge in [0.25, 0.3) is 0 Å². The van der Waals surface area contributed by atoms with Crippen LogP contribution in [0.1, 0.15) is 0 Å². The maximum atomic E-state index is 5.50. The van der Waals surface area contributed by atoms with E-state index in [0.717, 1.165) is 14.4 Å². The number of hydrogen-bond donors (Lipinski definition) is 1. The lowest BCUT2D eigenvalue weighted by Gasteiger charge is -2.01. The average molecular weight is 282 g/mol. The van der Waals surface area contributed by atoms with E-state index in [9.17, 15) is 0 Å². The molecule has 0 radical (unpaired) electrons. The Kier molecular flexibility index (Phi) is 3.23. The normalized spacial score (nSPS) is 10.2. The first-order valence-corrected chi connectivity index (χ1v) is 5.87. The van der Waals surface area contributed by atoms with Crippen molar-refractivity contribution in [1.29, 1.82) is 0 Å². The Bertz CT molecular complexity index is 432. The first-order chi connectivity index (χ1) is 7.24. The number of nitrogens with two attached hydrogens (primary N) is 1. The molecule has 0 unspecified atom stereocenters. The molecular formula is C10H8BrN3S. The van der Waals surface area contributed by atoms with Crippen LogP contribution in [0.25, 0.3) is 0 Å². The van der Waals surface area contributed by atoms with Crippen molar-refractivity contribution in [3.05, 3.63) is 41.0 Å². The molecule has 0 saturated carbocycles. The zero-order valence-corrected chi connectivity index (χ0v) is 10.1. The van der Waals surface area contributed by atoms with Crippen molar-refractivity contribution in [2.24, 2.45) is 0 Å². The number of nitrogens with zero attached hydrogens (tertiary/aromatic N) is 2. The van der Waals surface area contributed by atoms with Crippen molar-refractivity contribution in [1.82, 2.24) is 9.97 Å². The first-order valence-electron chi connectivity index (χ1n) is 4.26.